The van der Waals surface area contributed by atoms with E-state index in [-0.39, 0.29) is 23.4 Å². The second-order valence-electron chi connectivity index (χ2n) is 9.11. The summed E-state index contributed by atoms with van der Waals surface area (Å²) in [5, 5.41) is 3.28. The van der Waals surface area contributed by atoms with Crippen LogP contribution in [0.25, 0.3) is 0 Å². The van der Waals surface area contributed by atoms with Gasteiger partial charge in [-0.3, -0.25) is 13.9 Å². The number of hydrogen-bond acceptors (Lipinski definition) is 4. The molecule has 1 atom stereocenters. The van der Waals surface area contributed by atoms with Crippen molar-refractivity contribution in [1.29, 1.82) is 0 Å². The quantitative estimate of drug-likeness (QED) is 0.400. The van der Waals surface area contributed by atoms with Crippen LogP contribution in [0.15, 0.2) is 83.8 Å². The molecule has 2 amide bonds. The number of aryl methyl sites for hydroxylation is 1. The molecule has 3 rings (SSSR count). The molecule has 0 bridgehead atoms. The zero-order valence-electron chi connectivity index (χ0n) is 21.4. The van der Waals surface area contributed by atoms with Gasteiger partial charge in [-0.25, -0.2) is 8.42 Å². The van der Waals surface area contributed by atoms with E-state index in [0.29, 0.717) is 16.3 Å². The van der Waals surface area contributed by atoms with Crippen molar-refractivity contribution in [3.05, 3.63) is 95.0 Å². The van der Waals surface area contributed by atoms with E-state index in [0.717, 1.165) is 9.87 Å². The number of nitrogens with one attached hydrogen (secondary N) is 1. The minimum absolute atomic E-state index is 0.0401. The lowest BCUT2D eigenvalue weighted by Gasteiger charge is -2.32. The number of rotatable bonds is 10. The van der Waals surface area contributed by atoms with E-state index >= 15 is 0 Å². The highest BCUT2D eigenvalue weighted by atomic mass is 35.5. The van der Waals surface area contributed by atoms with Crippen molar-refractivity contribution in [2.45, 2.75) is 51.2 Å². The highest BCUT2D eigenvalue weighted by molar-refractivity contribution is 7.92. The number of carbonyl (C=O) groups excluding carboxylic acids is 2. The third-order valence-electron chi connectivity index (χ3n) is 5.83. The third-order valence-corrected chi connectivity index (χ3v) is 7.99. The van der Waals surface area contributed by atoms with Crippen LogP contribution in [0.4, 0.5) is 5.69 Å². The van der Waals surface area contributed by atoms with E-state index < -0.39 is 28.5 Å². The number of hydrogen-bond donors (Lipinski definition) is 1. The highest BCUT2D eigenvalue weighted by Gasteiger charge is 2.32. The number of sulfonamides is 1. The minimum Gasteiger partial charge on any atom is -0.352 e. The number of amides is 2. The van der Waals surface area contributed by atoms with Crippen LogP contribution in [0.1, 0.15) is 31.9 Å². The SMILES string of the molecule is Cc1ccc(S(=O)(=O)N(CC(=O)N(Cc2ccccc2Cl)[C@@H](C)C(=O)NC(C)C)c2ccccc2)cc1. The number of benzene rings is 3. The predicted molar refractivity (Wildman–Crippen MR) is 147 cm³/mol. The number of para-hydroxylation sites is 1. The summed E-state index contributed by atoms with van der Waals surface area (Å²) in [6.45, 7) is 6.69. The molecule has 196 valence electrons. The van der Waals surface area contributed by atoms with Crippen LogP contribution >= 0.6 is 11.6 Å². The first kappa shape index (κ1) is 28.2. The second kappa shape index (κ2) is 12.3. The molecule has 0 saturated carbocycles. The van der Waals surface area contributed by atoms with Gasteiger partial charge >= 0.3 is 0 Å². The zero-order valence-corrected chi connectivity index (χ0v) is 23.0. The van der Waals surface area contributed by atoms with E-state index in [2.05, 4.69) is 5.32 Å². The lowest BCUT2D eigenvalue weighted by molar-refractivity contribution is -0.139. The van der Waals surface area contributed by atoms with Crippen LogP contribution in [-0.2, 0) is 26.2 Å². The first-order valence-corrected chi connectivity index (χ1v) is 13.8. The van der Waals surface area contributed by atoms with Gasteiger partial charge in [-0.15, -0.1) is 0 Å². The summed E-state index contributed by atoms with van der Waals surface area (Å²) in [6, 6.07) is 20.9. The molecule has 0 aliphatic rings. The van der Waals surface area contributed by atoms with Crippen molar-refractivity contribution in [1.82, 2.24) is 10.2 Å². The van der Waals surface area contributed by atoms with Gasteiger partial charge in [0.05, 0.1) is 10.6 Å². The Hall–Kier alpha value is -3.36. The van der Waals surface area contributed by atoms with Crippen molar-refractivity contribution in [2.24, 2.45) is 0 Å². The Morgan fingerprint density at radius 2 is 1.49 bits per heavy atom. The molecule has 3 aromatic carbocycles. The lowest BCUT2D eigenvalue weighted by atomic mass is 10.1. The van der Waals surface area contributed by atoms with Crippen LogP contribution in [0, 0.1) is 6.92 Å². The van der Waals surface area contributed by atoms with Crippen molar-refractivity contribution >= 4 is 39.1 Å². The van der Waals surface area contributed by atoms with Gasteiger partial charge in [0.2, 0.25) is 11.8 Å². The maximum atomic E-state index is 13.8. The fraction of sp³-hybridized carbons (Fsp3) is 0.286. The molecule has 37 heavy (non-hydrogen) atoms. The second-order valence-corrected chi connectivity index (χ2v) is 11.4. The fourth-order valence-corrected chi connectivity index (χ4v) is 5.37. The standard InChI is InChI=1S/C28H32ClN3O4S/c1-20(2)30-28(34)22(4)31(18-23-10-8-9-13-26(23)29)27(33)19-32(24-11-6-5-7-12-24)37(35,36)25-16-14-21(3)15-17-25/h5-17,20,22H,18-19H2,1-4H3,(H,30,34)/t22-/m0/s1. The summed E-state index contributed by atoms with van der Waals surface area (Å²) in [6.07, 6.45) is 0. The monoisotopic (exact) mass is 541 g/mol. The van der Waals surface area contributed by atoms with Gasteiger partial charge in [-0.1, -0.05) is 65.7 Å². The third kappa shape index (κ3) is 7.11. The van der Waals surface area contributed by atoms with E-state index in [1.165, 1.54) is 17.0 Å². The summed E-state index contributed by atoms with van der Waals surface area (Å²) in [4.78, 5) is 28.1. The molecule has 0 heterocycles. The van der Waals surface area contributed by atoms with Crippen LogP contribution in [0.5, 0.6) is 0 Å². The van der Waals surface area contributed by atoms with Crippen LogP contribution in [0.2, 0.25) is 5.02 Å². The predicted octanol–water partition coefficient (Wildman–Crippen LogP) is 4.79. The Morgan fingerprint density at radius 3 is 2.08 bits per heavy atom. The summed E-state index contributed by atoms with van der Waals surface area (Å²) < 4.78 is 28.5. The van der Waals surface area contributed by atoms with Crippen LogP contribution < -0.4 is 9.62 Å². The molecule has 0 fully saturated rings. The molecule has 0 aliphatic carbocycles. The molecule has 0 aliphatic heterocycles. The van der Waals surface area contributed by atoms with Gasteiger partial charge in [0.15, 0.2) is 0 Å². The molecule has 0 spiro atoms. The molecular formula is C28H32ClN3O4S. The fourth-order valence-electron chi connectivity index (χ4n) is 3.76. The van der Waals surface area contributed by atoms with Gasteiger partial charge in [-0.05, 0) is 63.6 Å². The smallest absolute Gasteiger partial charge is 0.264 e. The summed E-state index contributed by atoms with van der Waals surface area (Å²) in [5.74, 6) is -0.881. The van der Waals surface area contributed by atoms with Gasteiger partial charge in [0, 0.05) is 17.6 Å². The van der Waals surface area contributed by atoms with Crippen molar-refractivity contribution < 1.29 is 18.0 Å². The highest BCUT2D eigenvalue weighted by Crippen LogP contribution is 2.25. The van der Waals surface area contributed by atoms with Crippen LogP contribution in [0.3, 0.4) is 0 Å². The van der Waals surface area contributed by atoms with Crippen molar-refractivity contribution in [3.8, 4) is 0 Å². The normalized spacial score (nSPS) is 12.2. The van der Waals surface area contributed by atoms with E-state index in [4.69, 9.17) is 11.6 Å². The number of halogens is 1. The maximum Gasteiger partial charge on any atom is 0.264 e. The van der Waals surface area contributed by atoms with Crippen LogP contribution in [-0.4, -0.2) is 43.8 Å². The molecule has 0 saturated heterocycles. The topological polar surface area (TPSA) is 86.8 Å². The molecule has 0 unspecified atom stereocenters. The lowest BCUT2D eigenvalue weighted by Crippen LogP contribution is -2.52. The molecule has 3 aromatic rings. The number of nitrogens with zero attached hydrogens (tertiary/aromatic N) is 2. The van der Waals surface area contributed by atoms with Gasteiger partial charge in [0.25, 0.3) is 10.0 Å². The molecule has 0 radical (unpaired) electrons. The zero-order chi connectivity index (χ0) is 27.2. The van der Waals surface area contributed by atoms with Gasteiger partial charge in [-0.2, -0.15) is 0 Å². The molecule has 1 N–H and O–H groups in total. The summed E-state index contributed by atoms with van der Waals surface area (Å²) in [7, 11) is -4.09. The molecule has 7 nitrogen and oxygen atoms in total. The minimum atomic E-state index is -4.09. The Kier molecular flexibility index (Phi) is 9.34. The largest absolute Gasteiger partial charge is 0.352 e. The molecule has 0 aromatic heterocycles. The first-order chi connectivity index (χ1) is 17.5. The van der Waals surface area contributed by atoms with Crippen molar-refractivity contribution in [2.75, 3.05) is 10.8 Å². The molecule has 9 heteroatoms. The average molecular weight is 542 g/mol. The Balaban J connectivity index is 2.01. The first-order valence-electron chi connectivity index (χ1n) is 12.0. The van der Waals surface area contributed by atoms with Gasteiger partial charge < -0.3 is 10.2 Å². The number of carbonyl (C=O) groups is 2. The Morgan fingerprint density at radius 1 is 0.892 bits per heavy atom. The average Bonchev–Trinajstić information content (AvgIpc) is 2.86. The maximum absolute atomic E-state index is 13.8. The van der Waals surface area contributed by atoms with Crippen molar-refractivity contribution in [3.63, 3.8) is 0 Å². The molecular weight excluding hydrogens is 510 g/mol. The van der Waals surface area contributed by atoms with E-state index in [9.17, 15) is 18.0 Å². The Bertz CT molecular complexity index is 1330. The Labute approximate surface area is 224 Å². The van der Waals surface area contributed by atoms with Gasteiger partial charge in [0.1, 0.15) is 12.6 Å². The summed E-state index contributed by atoms with van der Waals surface area (Å²) in [5.41, 5.74) is 1.90. The van der Waals surface area contributed by atoms with E-state index in [1.807, 2.05) is 20.8 Å². The number of anilines is 1. The van der Waals surface area contributed by atoms with E-state index in [1.54, 1.807) is 73.7 Å². The summed E-state index contributed by atoms with van der Waals surface area (Å²) >= 11 is 6.36.